The van der Waals surface area contributed by atoms with Crippen LogP contribution in [0.5, 0.6) is 0 Å². The molecular weight excluding hydrogens is 540 g/mol. The van der Waals surface area contributed by atoms with E-state index < -0.39 is 0 Å². The van der Waals surface area contributed by atoms with Gasteiger partial charge in [0.05, 0.1) is 39.3 Å². The van der Waals surface area contributed by atoms with Gasteiger partial charge in [0.1, 0.15) is 0 Å². The zero-order valence-electron chi connectivity index (χ0n) is 23.4. The Kier molecular flexibility index (Phi) is 3.97. The van der Waals surface area contributed by atoms with Crippen molar-refractivity contribution in [2.45, 2.75) is 6.04 Å². The number of aliphatic imine (C=N–C) groups is 1. The molecule has 4 heterocycles. The van der Waals surface area contributed by atoms with Crippen LogP contribution >= 0.6 is 0 Å². The summed E-state index contributed by atoms with van der Waals surface area (Å²) >= 11 is 0. The van der Waals surface area contributed by atoms with Crippen LogP contribution in [0, 0.1) is 0 Å². The van der Waals surface area contributed by atoms with E-state index >= 15 is 0 Å². The first-order chi connectivity index (χ1) is 21.8. The van der Waals surface area contributed by atoms with Gasteiger partial charge in [0.15, 0.2) is 5.78 Å². The van der Waals surface area contributed by atoms with E-state index in [-0.39, 0.29) is 11.8 Å². The minimum Gasteiger partial charge on any atom is -0.344 e. The number of aromatic nitrogens is 2. The zero-order chi connectivity index (χ0) is 28.7. The van der Waals surface area contributed by atoms with Crippen molar-refractivity contribution in [3.63, 3.8) is 0 Å². The van der Waals surface area contributed by atoms with Crippen LogP contribution < -0.4 is 5.32 Å². The Balaban J connectivity index is 1.33. The summed E-state index contributed by atoms with van der Waals surface area (Å²) in [6.07, 6.45) is 0. The fraction of sp³-hybridized carbons (Fsp3) is 0.0256. The molecule has 44 heavy (non-hydrogen) atoms. The maximum absolute atomic E-state index is 13.5. The van der Waals surface area contributed by atoms with Crippen molar-refractivity contribution in [2.24, 2.45) is 4.99 Å². The normalized spacial score (nSPS) is 15.9. The summed E-state index contributed by atoms with van der Waals surface area (Å²) in [5.41, 5.74) is 10.1. The number of hydrogen-bond donors (Lipinski definition) is 1. The molecule has 0 spiro atoms. The average molecular weight is 563 g/mol. The van der Waals surface area contributed by atoms with Gasteiger partial charge in [-0.2, -0.15) is 0 Å². The van der Waals surface area contributed by atoms with Gasteiger partial charge in [-0.1, -0.05) is 91.0 Å². The molecule has 6 aromatic carbocycles. The lowest BCUT2D eigenvalue weighted by molar-refractivity contribution is 0.103. The molecule has 204 valence electrons. The van der Waals surface area contributed by atoms with Crippen LogP contribution in [0.4, 0.5) is 5.69 Å². The molecule has 1 atom stereocenters. The topological polar surface area (TPSA) is 50.8 Å². The molecule has 11 rings (SSSR count). The summed E-state index contributed by atoms with van der Waals surface area (Å²) in [6.45, 7) is 0. The summed E-state index contributed by atoms with van der Waals surface area (Å²) in [5, 5.41) is 11.2. The Morgan fingerprint density at radius 2 is 1.23 bits per heavy atom. The van der Waals surface area contributed by atoms with Gasteiger partial charge in [-0.25, -0.2) is 4.99 Å². The van der Waals surface area contributed by atoms with Gasteiger partial charge in [-0.15, -0.1) is 0 Å². The number of para-hydroxylation sites is 3. The van der Waals surface area contributed by atoms with Crippen molar-refractivity contribution in [3.05, 3.63) is 144 Å². The molecule has 1 aliphatic heterocycles. The summed E-state index contributed by atoms with van der Waals surface area (Å²) in [7, 11) is 0. The average Bonchev–Trinajstić information content (AvgIpc) is 3.71. The molecule has 1 N–H and O–H groups in total. The highest BCUT2D eigenvalue weighted by atomic mass is 16.1. The maximum Gasteiger partial charge on any atom is 0.209 e. The van der Waals surface area contributed by atoms with E-state index in [4.69, 9.17) is 4.99 Å². The van der Waals surface area contributed by atoms with Crippen LogP contribution in [-0.4, -0.2) is 20.7 Å². The van der Waals surface area contributed by atoms with E-state index in [1.807, 2.05) is 36.4 Å². The molecule has 0 bridgehead atoms. The van der Waals surface area contributed by atoms with Crippen LogP contribution in [0.1, 0.15) is 33.1 Å². The van der Waals surface area contributed by atoms with Crippen LogP contribution in [0.15, 0.2) is 126 Å². The lowest BCUT2D eigenvalue weighted by Crippen LogP contribution is -2.39. The summed E-state index contributed by atoms with van der Waals surface area (Å²) in [4.78, 5) is 18.8. The van der Waals surface area contributed by atoms with Gasteiger partial charge in [0, 0.05) is 49.0 Å². The van der Waals surface area contributed by atoms with E-state index in [0.29, 0.717) is 0 Å². The molecule has 0 radical (unpaired) electrons. The second-order valence-electron chi connectivity index (χ2n) is 11.9. The molecule has 1 aliphatic carbocycles. The fourth-order valence-corrected chi connectivity index (χ4v) is 8.12. The molecular formula is C39H22N4O. The van der Waals surface area contributed by atoms with Gasteiger partial charge in [0.25, 0.3) is 0 Å². The van der Waals surface area contributed by atoms with Gasteiger partial charge in [-0.05, 0) is 35.9 Å². The third-order valence-electron chi connectivity index (χ3n) is 9.85. The van der Waals surface area contributed by atoms with E-state index in [1.165, 1.54) is 48.9 Å². The van der Waals surface area contributed by atoms with Crippen molar-refractivity contribution >= 4 is 77.3 Å². The third-order valence-corrected chi connectivity index (χ3v) is 9.85. The monoisotopic (exact) mass is 562 g/mol. The molecule has 5 nitrogen and oxygen atoms in total. The largest absolute Gasteiger partial charge is 0.344 e. The van der Waals surface area contributed by atoms with E-state index in [2.05, 4.69) is 99.2 Å². The van der Waals surface area contributed by atoms with Crippen LogP contribution in [-0.2, 0) is 0 Å². The molecule has 2 aliphatic rings. The molecule has 9 aromatic rings. The number of carbonyl (C=O) groups is 1. The number of ketones is 1. The number of hydrogen-bond acceptors (Lipinski definition) is 3. The first kappa shape index (κ1) is 22.6. The highest BCUT2D eigenvalue weighted by Crippen LogP contribution is 2.47. The Bertz CT molecular complexity index is 2780. The minimum absolute atomic E-state index is 0.0611. The summed E-state index contributed by atoms with van der Waals surface area (Å²) < 4.78 is 4.75. The number of nitrogens with one attached hydrogen (secondary N) is 1. The van der Waals surface area contributed by atoms with E-state index in [1.54, 1.807) is 0 Å². The molecule has 0 amide bonds. The summed E-state index contributed by atoms with van der Waals surface area (Å²) in [6, 6.07) is 42.1. The molecule has 1 unspecified atom stereocenters. The van der Waals surface area contributed by atoms with Crippen molar-refractivity contribution in [1.82, 2.24) is 14.3 Å². The van der Waals surface area contributed by atoms with Crippen LogP contribution in [0.3, 0.4) is 0 Å². The second-order valence-corrected chi connectivity index (χ2v) is 11.9. The standard InChI is InChI=1S/C39H22N4O/c44-38-24-13-2-1-12-23(24)35-33-26(38)15-9-16-29(33)40-39(41-35)43-31-18-7-4-11-22(31)28-20-27-21-10-3-6-17-30(21)42-32-19-8-5-14-25(32)34(36(27)42)37(28)43/h1-20,35H,(H,40,41). The predicted octanol–water partition coefficient (Wildman–Crippen LogP) is 8.72. The van der Waals surface area contributed by atoms with Gasteiger partial charge >= 0.3 is 0 Å². The Morgan fingerprint density at radius 1 is 0.591 bits per heavy atom. The van der Waals surface area contributed by atoms with Crippen molar-refractivity contribution in [1.29, 1.82) is 0 Å². The van der Waals surface area contributed by atoms with Gasteiger partial charge in [-0.3, -0.25) is 9.36 Å². The summed E-state index contributed by atoms with van der Waals surface area (Å²) in [5.74, 6) is 0.823. The molecule has 0 saturated heterocycles. The van der Waals surface area contributed by atoms with Gasteiger partial charge in [0.2, 0.25) is 5.96 Å². The van der Waals surface area contributed by atoms with Crippen molar-refractivity contribution < 1.29 is 4.79 Å². The van der Waals surface area contributed by atoms with Crippen molar-refractivity contribution in [2.75, 3.05) is 0 Å². The zero-order valence-corrected chi connectivity index (χ0v) is 23.4. The first-order valence-corrected chi connectivity index (χ1v) is 15.0. The first-order valence-electron chi connectivity index (χ1n) is 15.0. The highest BCUT2D eigenvalue weighted by Gasteiger charge is 2.37. The number of carbonyl (C=O) groups excluding carboxylic acids is 1. The number of nitrogens with zero attached hydrogens (tertiary/aromatic N) is 3. The maximum atomic E-state index is 13.5. The lowest BCUT2D eigenvalue weighted by atomic mass is 9.80. The molecule has 3 aromatic heterocycles. The minimum atomic E-state index is -0.185. The van der Waals surface area contributed by atoms with Gasteiger partial charge < -0.3 is 9.72 Å². The number of benzene rings is 6. The SMILES string of the molecule is O=C1c2ccccc2C2NC(n3c4ccccc4c4cc5c6ccccc6n6c7ccccc7c(c43)c56)=Nc3cccc1c32. The Morgan fingerprint density at radius 3 is 2.07 bits per heavy atom. The number of rotatable bonds is 0. The van der Waals surface area contributed by atoms with Crippen LogP contribution in [0.2, 0.25) is 0 Å². The Hall–Kier alpha value is -5.94. The quantitative estimate of drug-likeness (QED) is 0.201. The predicted molar refractivity (Wildman–Crippen MR) is 178 cm³/mol. The smallest absolute Gasteiger partial charge is 0.209 e. The van der Waals surface area contributed by atoms with Crippen LogP contribution in [0.25, 0.3) is 59.9 Å². The fourth-order valence-electron chi connectivity index (χ4n) is 8.12. The second kappa shape index (κ2) is 7.71. The van der Waals surface area contributed by atoms with Crippen molar-refractivity contribution in [3.8, 4) is 0 Å². The number of fused-ring (bicyclic) bond motifs is 12. The molecule has 0 saturated carbocycles. The lowest BCUT2D eigenvalue weighted by Gasteiger charge is -2.33. The van der Waals surface area contributed by atoms with E-state index in [0.717, 1.165) is 44.9 Å². The molecule has 0 fully saturated rings. The molecule has 5 heteroatoms. The Labute approximate surface area is 250 Å². The third kappa shape index (κ3) is 2.54. The highest BCUT2D eigenvalue weighted by molar-refractivity contribution is 6.35. The van der Waals surface area contributed by atoms with E-state index in [9.17, 15) is 4.79 Å².